The first-order valence-corrected chi connectivity index (χ1v) is 7.84. The second kappa shape index (κ2) is 5.49. The lowest BCUT2D eigenvalue weighted by Crippen LogP contribution is -2.03. The summed E-state index contributed by atoms with van der Waals surface area (Å²) >= 11 is 4.52. The van der Waals surface area contributed by atoms with Gasteiger partial charge in [0.25, 0.3) is 0 Å². The van der Waals surface area contributed by atoms with E-state index in [1.807, 2.05) is 22.9 Å². The fraction of sp³-hybridized carbons (Fsp3) is 0.308. The largest absolute Gasteiger partial charge is 0.476 e. The van der Waals surface area contributed by atoms with E-state index in [-0.39, 0.29) is 5.69 Å². The second-order valence-corrected chi connectivity index (χ2v) is 7.04. The van der Waals surface area contributed by atoms with Crippen molar-refractivity contribution < 1.29 is 9.90 Å². The van der Waals surface area contributed by atoms with Gasteiger partial charge in [-0.15, -0.1) is 11.3 Å². The summed E-state index contributed by atoms with van der Waals surface area (Å²) in [4.78, 5) is 15.0. The van der Waals surface area contributed by atoms with Crippen LogP contribution in [0.15, 0.2) is 16.0 Å². The van der Waals surface area contributed by atoms with Gasteiger partial charge in [0, 0.05) is 12.7 Å². The highest BCUT2D eigenvalue weighted by atomic mass is 79.9. The molecule has 0 saturated heterocycles. The number of halogens is 1. The van der Waals surface area contributed by atoms with Crippen LogP contribution < -0.4 is 0 Å². The van der Waals surface area contributed by atoms with Crippen molar-refractivity contribution >= 4 is 45.4 Å². The minimum absolute atomic E-state index is 0.0566. The Morgan fingerprint density at radius 3 is 3.00 bits per heavy atom. The fourth-order valence-electron chi connectivity index (χ4n) is 1.86. The van der Waals surface area contributed by atoms with Crippen LogP contribution in [0.2, 0.25) is 0 Å². The Morgan fingerprint density at radius 1 is 1.55 bits per heavy atom. The molecule has 0 amide bonds. The number of aromatic carboxylic acids is 1. The molecule has 0 radical (unpaired) electrons. The fourth-order valence-corrected chi connectivity index (χ4v) is 3.30. The Morgan fingerprint density at radius 2 is 2.35 bits per heavy atom. The summed E-state index contributed by atoms with van der Waals surface area (Å²) in [7, 11) is 0. The van der Waals surface area contributed by atoms with Crippen LogP contribution in [0, 0.1) is 5.92 Å². The van der Waals surface area contributed by atoms with Gasteiger partial charge in [-0.25, -0.2) is 9.78 Å². The number of hydrogen-bond acceptors (Lipinski definition) is 4. The van der Waals surface area contributed by atoms with E-state index >= 15 is 0 Å². The van der Waals surface area contributed by atoms with E-state index in [1.165, 1.54) is 24.2 Å². The molecule has 1 N–H and O–H groups in total. The van der Waals surface area contributed by atoms with Gasteiger partial charge in [-0.05, 0) is 52.9 Å². The third-order valence-electron chi connectivity index (χ3n) is 3.08. The molecule has 0 aliphatic heterocycles. The van der Waals surface area contributed by atoms with E-state index in [1.54, 1.807) is 6.20 Å². The molecule has 20 heavy (non-hydrogen) atoms. The summed E-state index contributed by atoms with van der Waals surface area (Å²) in [6.07, 6.45) is 8.09. The molecule has 1 saturated carbocycles. The van der Waals surface area contributed by atoms with Crippen LogP contribution in [0.4, 0.5) is 0 Å². The van der Waals surface area contributed by atoms with E-state index in [0.29, 0.717) is 8.79 Å². The molecule has 0 atom stereocenters. The van der Waals surface area contributed by atoms with E-state index in [9.17, 15) is 4.79 Å². The molecule has 2 aromatic rings. The number of carboxylic acid groups (broad SMARTS) is 1. The molecule has 0 unspecified atom stereocenters. The van der Waals surface area contributed by atoms with Crippen LogP contribution in [0.1, 0.15) is 34.0 Å². The highest BCUT2D eigenvalue weighted by molar-refractivity contribution is 9.11. The molecular formula is C13H12BrN3O2S. The maximum Gasteiger partial charge on any atom is 0.356 e. The van der Waals surface area contributed by atoms with Gasteiger partial charge in [0.15, 0.2) is 5.69 Å². The van der Waals surface area contributed by atoms with Gasteiger partial charge >= 0.3 is 5.97 Å². The van der Waals surface area contributed by atoms with Crippen molar-refractivity contribution in [1.29, 1.82) is 0 Å². The number of carboxylic acids is 1. The monoisotopic (exact) mass is 353 g/mol. The first kappa shape index (κ1) is 13.5. The third-order valence-corrected chi connectivity index (χ3v) is 4.75. The lowest BCUT2D eigenvalue weighted by atomic mass is 10.3. The van der Waals surface area contributed by atoms with E-state index in [0.717, 1.165) is 18.2 Å². The second-order valence-electron chi connectivity index (χ2n) is 4.69. The Balaban J connectivity index is 1.78. The third kappa shape index (κ3) is 2.99. The average Bonchev–Trinajstić information content (AvgIpc) is 2.96. The molecule has 0 bridgehead atoms. The topological polar surface area (TPSA) is 68.0 Å². The van der Waals surface area contributed by atoms with Crippen LogP contribution in [-0.4, -0.2) is 25.8 Å². The van der Waals surface area contributed by atoms with Crippen LogP contribution in [0.5, 0.6) is 0 Å². The number of nitrogens with zero attached hydrogens (tertiary/aromatic N) is 3. The Kier molecular flexibility index (Phi) is 3.71. The molecule has 1 aliphatic rings. The summed E-state index contributed by atoms with van der Waals surface area (Å²) in [5.74, 6) is -0.263. The first-order chi connectivity index (χ1) is 9.63. The van der Waals surface area contributed by atoms with Crippen molar-refractivity contribution in [3.8, 4) is 0 Å². The van der Waals surface area contributed by atoms with Crippen LogP contribution in [-0.2, 0) is 6.54 Å². The first-order valence-electron chi connectivity index (χ1n) is 6.23. The van der Waals surface area contributed by atoms with Gasteiger partial charge < -0.3 is 5.11 Å². The standard InChI is InChI=1S/C13H12BrN3O2S/c14-12-11(13(18)19)16-10(20-12)4-3-9-5-6-15-17(9)7-8-1-2-8/h3-6,8H,1-2,7H2,(H,18,19). The Labute approximate surface area is 128 Å². The van der Waals surface area contributed by atoms with Gasteiger partial charge in [-0.1, -0.05) is 0 Å². The number of aromatic nitrogens is 3. The van der Waals surface area contributed by atoms with Gasteiger partial charge in [0.05, 0.1) is 5.69 Å². The minimum atomic E-state index is -1.02. The molecule has 1 aliphatic carbocycles. The van der Waals surface area contributed by atoms with Gasteiger partial charge in [0.1, 0.15) is 8.79 Å². The molecule has 3 rings (SSSR count). The summed E-state index contributed by atoms with van der Waals surface area (Å²) < 4.78 is 2.52. The molecule has 2 heterocycles. The molecule has 0 spiro atoms. The normalized spacial score (nSPS) is 15.1. The summed E-state index contributed by atoms with van der Waals surface area (Å²) in [5, 5.41) is 13.9. The zero-order valence-corrected chi connectivity index (χ0v) is 12.9. The zero-order valence-electron chi connectivity index (χ0n) is 10.5. The van der Waals surface area contributed by atoms with Gasteiger partial charge in [-0.2, -0.15) is 5.10 Å². The number of carbonyl (C=O) groups is 1. The lowest BCUT2D eigenvalue weighted by Gasteiger charge is -2.01. The van der Waals surface area contributed by atoms with Crippen molar-refractivity contribution in [2.75, 3.05) is 0 Å². The molecular weight excluding hydrogens is 342 g/mol. The van der Waals surface area contributed by atoms with Gasteiger partial charge in [-0.3, -0.25) is 4.68 Å². The predicted molar refractivity (Wildman–Crippen MR) is 80.7 cm³/mol. The van der Waals surface area contributed by atoms with Crippen LogP contribution >= 0.6 is 27.3 Å². The minimum Gasteiger partial charge on any atom is -0.476 e. The molecule has 0 aromatic carbocycles. The van der Waals surface area contributed by atoms with Crippen LogP contribution in [0.3, 0.4) is 0 Å². The highest BCUT2D eigenvalue weighted by Crippen LogP contribution is 2.31. The maximum atomic E-state index is 10.9. The van der Waals surface area contributed by atoms with E-state index < -0.39 is 5.97 Å². The summed E-state index contributed by atoms with van der Waals surface area (Å²) in [6, 6.07) is 1.94. The van der Waals surface area contributed by atoms with Crippen molar-refractivity contribution in [3.05, 3.63) is 32.4 Å². The lowest BCUT2D eigenvalue weighted by molar-refractivity contribution is 0.0690. The molecule has 2 aromatic heterocycles. The molecule has 7 heteroatoms. The summed E-state index contributed by atoms with van der Waals surface area (Å²) in [6.45, 7) is 0.953. The average molecular weight is 354 g/mol. The smallest absolute Gasteiger partial charge is 0.356 e. The number of thiazole rings is 1. The van der Waals surface area contributed by atoms with Crippen molar-refractivity contribution in [1.82, 2.24) is 14.8 Å². The van der Waals surface area contributed by atoms with E-state index in [2.05, 4.69) is 26.0 Å². The highest BCUT2D eigenvalue weighted by Gasteiger charge is 2.22. The summed E-state index contributed by atoms with van der Waals surface area (Å²) in [5.41, 5.74) is 1.07. The van der Waals surface area contributed by atoms with E-state index in [4.69, 9.17) is 5.11 Å². The Bertz CT molecular complexity index is 673. The quantitative estimate of drug-likeness (QED) is 0.894. The predicted octanol–water partition coefficient (Wildman–Crippen LogP) is 3.38. The molecule has 104 valence electrons. The van der Waals surface area contributed by atoms with Gasteiger partial charge in [0.2, 0.25) is 0 Å². The van der Waals surface area contributed by atoms with Crippen LogP contribution in [0.25, 0.3) is 12.2 Å². The van der Waals surface area contributed by atoms with Crippen molar-refractivity contribution in [2.24, 2.45) is 5.92 Å². The molecule has 1 fully saturated rings. The SMILES string of the molecule is O=C(O)c1nc(C=Cc2ccnn2CC2CC2)sc1Br. The maximum absolute atomic E-state index is 10.9. The Hall–Kier alpha value is -1.47. The van der Waals surface area contributed by atoms with Crippen molar-refractivity contribution in [3.63, 3.8) is 0 Å². The number of rotatable bonds is 5. The van der Waals surface area contributed by atoms with Crippen molar-refractivity contribution in [2.45, 2.75) is 19.4 Å². The molecule has 5 nitrogen and oxygen atoms in total. The zero-order chi connectivity index (χ0) is 14.1. The number of hydrogen-bond donors (Lipinski definition) is 1.